The Hall–Kier alpha value is -2.30. The van der Waals surface area contributed by atoms with Gasteiger partial charge in [-0.15, -0.1) is 0 Å². The minimum absolute atomic E-state index is 0.693. The van der Waals surface area contributed by atoms with Crippen molar-refractivity contribution in [2.75, 3.05) is 47.8 Å². The van der Waals surface area contributed by atoms with Crippen LogP contribution in [0.2, 0.25) is 0 Å². The van der Waals surface area contributed by atoms with Gasteiger partial charge in [-0.3, -0.25) is 0 Å². The molecule has 1 N–H and O–H groups in total. The van der Waals surface area contributed by atoms with Crippen molar-refractivity contribution in [3.05, 3.63) is 41.2 Å². The fourth-order valence-electron chi connectivity index (χ4n) is 3.55. The van der Waals surface area contributed by atoms with Crippen molar-refractivity contribution >= 4 is 17.3 Å². The zero-order chi connectivity index (χ0) is 19.4. The second-order valence-corrected chi connectivity index (χ2v) is 7.96. The number of hydrogen-bond donors (Lipinski definition) is 1. The van der Waals surface area contributed by atoms with E-state index in [9.17, 15) is 0 Å². The Morgan fingerprint density at radius 2 is 1.70 bits per heavy atom. The second kappa shape index (κ2) is 8.59. The van der Waals surface area contributed by atoms with Crippen LogP contribution in [0.15, 0.2) is 24.3 Å². The predicted molar refractivity (Wildman–Crippen MR) is 115 cm³/mol. The molecule has 1 fully saturated rings. The average molecular weight is 368 g/mol. The summed E-state index contributed by atoms with van der Waals surface area (Å²) in [6.45, 7) is 15.8. The molecule has 146 valence electrons. The molecule has 0 amide bonds. The average Bonchev–Trinajstić information content (AvgIpc) is 2.63. The van der Waals surface area contributed by atoms with Gasteiger partial charge in [-0.05, 0) is 50.3 Å². The van der Waals surface area contributed by atoms with Gasteiger partial charge in [0.1, 0.15) is 17.5 Å². The third kappa shape index (κ3) is 4.90. The SMILES string of the molecule is Cc1nc(NCCC(C)C)cc(N2CCN(c3cccc(C)c3C)CC2)n1. The molecule has 0 spiro atoms. The van der Waals surface area contributed by atoms with Crippen LogP contribution in [0.3, 0.4) is 0 Å². The molecule has 5 heteroatoms. The van der Waals surface area contributed by atoms with E-state index in [-0.39, 0.29) is 0 Å². The molecule has 2 heterocycles. The van der Waals surface area contributed by atoms with Crippen molar-refractivity contribution in [3.8, 4) is 0 Å². The van der Waals surface area contributed by atoms with Crippen molar-refractivity contribution in [1.29, 1.82) is 0 Å². The lowest BCUT2D eigenvalue weighted by atomic mass is 10.1. The van der Waals surface area contributed by atoms with E-state index in [0.717, 1.165) is 56.6 Å². The van der Waals surface area contributed by atoms with Crippen molar-refractivity contribution < 1.29 is 0 Å². The first-order valence-electron chi connectivity index (χ1n) is 10.1. The fraction of sp³-hybridized carbons (Fsp3) is 0.545. The summed E-state index contributed by atoms with van der Waals surface area (Å²) in [5.74, 6) is 3.50. The van der Waals surface area contributed by atoms with Crippen LogP contribution in [0.25, 0.3) is 0 Å². The highest BCUT2D eigenvalue weighted by Crippen LogP contribution is 2.25. The summed E-state index contributed by atoms with van der Waals surface area (Å²) in [5.41, 5.74) is 4.11. The Labute approximate surface area is 163 Å². The van der Waals surface area contributed by atoms with E-state index < -0.39 is 0 Å². The van der Waals surface area contributed by atoms with Crippen molar-refractivity contribution in [2.24, 2.45) is 5.92 Å². The number of aromatic nitrogens is 2. The molecular formula is C22H33N5. The molecule has 0 aliphatic carbocycles. The summed E-state index contributed by atoms with van der Waals surface area (Å²) in [4.78, 5) is 14.1. The molecule has 1 aliphatic heterocycles. The smallest absolute Gasteiger partial charge is 0.134 e. The molecule has 27 heavy (non-hydrogen) atoms. The number of anilines is 3. The lowest BCUT2D eigenvalue weighted by Gasteiger charge is -2.37. The number of piperazine rings is 1. The van der Waals surface area contributed by atoms with E-state index in [0.29, 0.717) is 5.92 Å². The molecule has 5 nitrogen and oxygen atoms in total. The molecule has 3 rings (SSSR count). The topological polar surface area (TPSA) is 44.3 Å². The van der Waals surface area contributed by atoms with Crippen LogP contribution >= 0.6 is 0 Å². The van der Waals surface area contributed by atoms with E-state index >= 15 is 0 Å². The molecule has 1 aromatic heterocycles. The van der Waals surface area contributed by atoms with Crippen molar-refractivity contribution in [2.45, 2.75) is 41.0 Å². The third-order valence-corrected chi connectivity index (χ3v) is 5.37. The Bertz CT molecular complexity index is 763. The van der Waals surface area contributed by atoms with Gasteiger partial charge < -0.3 is 15.1 Å². The quantitative estimate of drug-likeness (QED) is 0.829. The molecule has 0 radical (unpaired) electrons. The lowest BCUT2D eigenvalue weighted by molar-refractivity contribution is 0.606. The van der Waals surface area contributed by atoms with Gasteiger partial charge >= 0.3 is 0 Å². The summed E-state index contributed by atoms with van der Waals surface area (Å²) in [7, 11) is 0. The molecule has 0 bridgehead atoms. The molecule has 0 saturated carbocycles. The fourth-order valence-corrected chi connectivity index (χ4v) is 3.55. The van der Waals surface area contributed by atoms with Crippen LogP contribution in [-0.2, 0) is 0 Å². The van der Waals surface area contributed by atoms with Gasteiger partial charge in [-0.25, -0.2) is 9.97 Å². The third-order valence-electron chi connectivity index (χ3n) is 5.37. The van der Waals surface area contributed by atoms with Gasteiger partial charge in [0.25, 0.3) is 0 Å². The summed E-state index contributed by atoms with van der Waals surface area (Å²) < 4.78 is 0. The maximum absolute atomic E-state index is 4.69. The Morgan fingerprint density at radius 1 is 1.00 bits per heavy atom. The maximum atomic E-state index is 4.69. The minimum atomic E-state index is 0.693. The molecule has 1 saturated heterocycles. The van der Waals surface area contributed by atoms with E-state index in [1.165, 1.54) is 16.8 Å². The van der Waals surface area contributed by atoms with Crippen LogP contribution in [0.4, 0.5) is 17.3 Å². The first-order chi connectivity index (χ1) is 12.9. The number of aryl methyl sites for hydroxylation is 2. The first-order valence-corrected chi connectivity index (χ1v) is 10.1. The zero-order valence-corrected chi connectivity index (χ0v) is 17.4. The Balaban J connectivity index is 1.65. The number of nitrogens with zero attached hydrogens (tertiary/aromatic N) is 4. The van der Waals surface area contributed by atoms with E-state index in [4.69, 9.17) is 0 Å². The van der Waals surface area contributed by atoms with Crippen molar-refractivity contribution in [3.63, 3.8) is 0 Å². The van der Waals surface area contributed by atoms with Crippen LogP contribution in [-0.4, -0.2) is 42.7 Å². The van der Waals surface area contributed by atoms with Gasteiger partial charge in [-0.1, -0.05) is 26.0 Å². The second-order valence-electron chi connectivity index (χ2n) is 7.96. The summed E-state index contributed by atoms with van der Waals surface area (Å²) in [6.07, 6.45) is 1.15. The molecule has 2 aromatic rings. The summed E-state index contributed by atoms with van der Waals surface area (Å²) in [5, 5.41) is 3.46. The van der Waals surface area contributed by atoms with Gasteiger partial charge in [0.05, 0.1) is 0 Å². The van der Waals surface area contributed by atoms with Crippen LogP contribution in [0, 0.1) is 26.7 Å². The van der Waals surface area contributed by atoms with Crippen LogP contribution in [0.1, 0.15) is 37.2 Å². The lowest BCUT2D eigenvalue weighted by Crippen LogP contribution is -2.47. The highest BCUT2D eigenvalue weighted by atomic mass is 15.3. The Kier molecular flexibility index (Phi) is 6.19. The molecular weight excluding hydrogens is 334 g/mol. The highest BCUT2D eigenvalue weighted by Gasteiger charge is 2.20. The van der Waals surface area contributed by atoms with Crippen LogP contribution in [0.5, 0.6) is 0 Å². The van der Waals surface area contributed by atoms with E-state index in [1.54, 1.807) is 0 Å². The number of nitrogens with one attached hydrogen (secondary N) is 1. The minimum Gasteiger partial charge on any atom is -0.370 e. The molecule has 1 aromatic carbocycles. The van der Waals surface area contributed by atoms with Crippen LogP contribution < -0.4 is 15.1 Å². The number of rotatable bonds is 6. The summed E-state index contributed by atoms with van der Waals surface area (Å²) >= 11 is 0. The van der Waals surface area contributed by atoms with E-state index in [1.807, 2.05) is 6.92 Å². The normalized spacial score (nSPS) is 14.7. The zero-order valence-electron chi connectivity index (χ0n) is 17.4. The summed E-state index contributed by atoms with van der Waals surface area (Å²) in [6, 6.07) is 8.68. The Morgan fingerprint density at radius 3 is 2.41 bits per heavy atom. The monoisotopic (exact) mass is 367 g/mol. The van der Waals surface area contributed by atoms with Gasteiger partial charge in [0, 0.05) is 44.5 Å². The standard InChI is InChI=1S/C22H33N5/c1-16(2)9-10-23-21-15-22(25-19(5)24-21)27-13-11-26(12-14-27)20-8-6-7-17(3)18(20)4/h6-8,15-16H,9-14H2,1-5H3,(H,23,24,25). The molecule has 0 unspecified atom stereocenters. The molecule has 0 atom stereocenters. The van der Waals surface area contributed by atoms with Crippen molar-refractivity contribution in [1.82, 2.24) is 9.97 Å². The number of hydrogen-bond acceptors (Lipinski definition) is 5. The first kappa shape index (κ1) is 19.5. The van der Waals surface area contributed by atoms with Gasteiger partial charge in [0.15, 0.2) is 0 Å². The number of benzene rings is 1. The molecule has 1 aliphatic rings. The maximum Gasteiger partial charge on any atom is 0.134 e. The highest BCUT2D eigenvalue weighted by molar-refractivity contribution is 5.58. The van der Waals surface area contributed by atoms with E-state index in [2.05, 4.69) is 77.0 Å². The van der Waals surface area contributed by atoms with Gasteiger partial charge in [-0.2, -0.15) is 0 Å². The largest absolute Gasteiger partial charge is 0.370 e. The van der Waals surface area contributed by atoms with Gasteiger partial charge in [0.2, 0.25) is 0 Å². The predicted octanol–water partition coefficient (Wildman–Crippen LogP) is 4.19.